The van der Waals surface area contributed by atoms with Crippen molar-refractivity contribution < 1.29 is 9.90 Å². The number of hydrogen-bond acceptors (Lipinski definition) is 3. The van der Waals surface area contributed by atoms with Crippen molar-refractivity contribution in [3.63, 3.8) is 0 Å². The number of hydrogen-bond donors (Lipinski definition) is 1. The summed E-state index contributed by atoms with van der Waals surface area (Å²) in [7, 11) is 0. The van der Waals surface area contributed by atoms with Gasteiger partial charge in [0.1, 0.15) is 0 Å². The first-order chi connectivity index (χ1) is 7.68. The molecule has 0 aliphatic heterocycles. The van der Waals surface area contributed by atoms with E-state index in [4.69, 9.17) is 5.11 Å². The molecule has 16 heavy (non-hydrogen) atoms. The van der Waals surface area contributed by atoms with Gasteiger partial charge >= 0.3 is 5.97 Å². The zero-order valence-corrected chi connectivity index (χ0v) is 9.68. The van der Waals surface area contributed by atoms with Gasteiger partial charge in [-0.05, 0) is 24.3 Å². The van der Waals surface area contributed by atoms with Crippen LogP contribution in [0.1, 0.15) is 10.4 Å². The van der Waals surface area contributed by atoms with E-state index in [1.807, 2.05) is 0 Å². The molecule has 0 fully saturated rings. The van der Waals surface area contributed by atoms with Crippen LogP contribution in [0.5, 0.6) is 0 Å². The first kappa shape index (κ1) is 10.8. The first-order valence-corrected chi connectivity index (χ1v) is 5.28. The lowest BCUT2D eigenvalue weighted by molar-refractivity contribution is 0.0697. The Hall–Kier alpha value is -1.75. The summed E-state index contributed by atoms with van der Waals surface area (Å²) in [4.78, 5) is 19.1. The Morgan fingerprint density at radius 1 is 1.25 bits per heavy atom. The van der Waals surface area contributed by atoms with Gasteiger partial charge in [-0.3, -0.25) is 0 Å². The van der Waals surface area contributed by atoms with E-state index in [0.717, 1.165) is 0 Å². The van der Waals surface area contributed by atoms with E-state index in [2.05, 4.69) is 25.9 Å². The van der Waals surface area contributed by atoms with E-state index in [9.17, 15) is 4.79 Å². The second-order valence-corrected chi connectivity index (χ2v) is 3.98. The highest BCUT2D eigenvalue weighted by Crippen LogP contribution is 2.23. The van der Waals surface area contributed by atoms with E-state index >= 15 is 0 Å². The number of carbonyl (C=O) groups is 1. The third-order valence-electron chi connectivity index (χ3n) is 2.02. The fraction of sp³-hybridized carbons (Fsp3) is 0. The number of benzene rings is 1. The van der Waals surface area contributed by atoms with E-state index in [1.54, 1.807) is 30.6 Å². The van der Waals surface area contributed by atoms with Crippen LogP contribution in [0.15, 0.2) is 41.1 Å². The van der Waals surface area contributed by atoms with Crippen molar-refractivity contribution in [3.8, 4) is 11.4 Å². The quantitative estimate of drug-likeness (QED) is 0.917. The average molecular weight is 279 g/mol. The average Bonchev–Trinajstić information content (AvgIpc) is 2.30. The van der Waals surface area contributed by atoms with Crippen LogP contribution >= 0.6 is 15.9 Å². The van der Waals surface area contributed by atoms with Gasteiger partial charge in [0.25, 0.3) is 0 Å². The minimum atomic E-state index is -0.997. The van der Waals surface area contributed by atoms with Crippen molar-refractivity contribution in [1.82, 2.24) is 9.97 Å². The minimum Gasteiger partial charge on any atom is -0.478 e. The lowest BCUT2D eigenvalue weighted by Gasteiger charge is -2.04. The molecule has 1 heterocycles. The van der Waals surface area contributed by atoms with Crippen LogP contribution in [0.25, 0.3) is 11.4 Å². The Morgan fingerprint density at radius 3 is 2.56 bits per heavy atom. The van der Waals surface area contributed by atoms with Gasteiger partial charge < -0.3 is 5.11 Å². The van der Waals surface area contributed by atoms with Gasteiger partial charge in [0.15, 0.2) is 5.82 Å². The third kappa shape index (κ3) is 2.09. The summed E-state index contributed by atoms with van der Waals surface area (Å²) >= 11 is 3.23. The monoisotopic (exact) mass is 278 g/mol. The molecule has 0 radical (unpaired) electrons. The zero-order valence-electron chi connectivity index (χ0n) is 8.09. The number of carboxylic acids is 1. The number of aromatic nitrogens is 2. The molecular formula is C11H7BrN2O2. The highest BCUT2D eigenvalue weighted by Gasteiger charge is 2.13. The maximum atomic E-state index is 11.1. The Bertz CT molecular complexity index is 529. The van der Waals surface area contributed by atoms with Gasteiger partial charge in [-0.2, -0.15) is 0 Å². The van der Waals surface area contributed by atoms with Crippen LogP contribution < -0.4 is 0 Å². The second kappa shape index (κ2) is 4.40. The molecule has 80 valence electrons. The predicted octanol–water partition coefficient (Wildman–Crippen LogP) is 2.60. The third-order valence-corrected chi connectivity index (χ3v) is 2.51. The van der Waals surface area contributed by atoms with Crippen LogP contribution in [-0.4, -0.2) is 21.0 Å². The van der Waals surface area contributed by atoms with Crippen molar-refractivity contribution in [1.29, 1.82) is 0 Å². The molecule has 4 nitrogen and oxygen atoms in total. The van der Waals surface area contributed by atoms with Gasteiger partial charge in [0.2, 0.25) is 0 Å². The molecular weight excluding hydrogens is 272 g/mol. The Balaban J connectivity index is 2.61. The fourth-order valence-electron chi connectivity index (χ4n) is 1.33. The summed E-state index contributed by atoms with van der Waals surface area (Å²) in [6.07, 6.45) is 3.16. The van der Waals surface area contributed by atoms with E-state index in [0.29, 0.717) is 15.9 Å². The van der Waals surface area contributed by atoms with Gasteiger partial charge in [-0.15, -0.1) is 0 Å². The van der Waals surface area contributed by atoms with Crippen molar-refractivity contribution >= 4 is 21.9 Å². The largest absolute Gasteiger partial charge is 0.478 e. The molecule has 1 aromatic carbocycles. The van der Waals surface area contributed by atoms with Crippen molar-refractivity contribution in [3.05, 3.63) is 46.7 Å². The molecule has 0 aliphatic rings. The topological polar surface area (TPSA) is 63.1 Å². The van der Waals surface area contributed by atoms with Gasteiger partial charge in [-0.25, -0.2) is 14.8 Å². The molecule has 0 amide bonds. The minimum absolute atomic E-state index is 0.181. The lowest BCUT2D eigenvalue weighted by atomic mass is 10.1. The van der Waals surface area contributed by atoms with Crippen LogP contribution in [-0.2, 0) is 0 Å². The van der Waals surface area contributed by atoms with Crippen molar-refractivity contribution in [2.24, 2.45) is 0 Å². The maximum absolute atomic E-state index is 11.1. The molecule has 0 spiro atoms. The molecule has 0 aliphatic carbocycles. The molecule has 0 saturated heterocycles. The van der Waals surface area contributed by atoms with Crippen molar-refractivity contribution in [2.75, 3.05) is 0 Å². The maximum Gasteiger partial charge on any atom is 0.336 e. The Kier molecular flexibility index (Phi) is 2.96. The van der Waals surface area contributed by atoms with Crippen LogP contribution in [0.2, 0.25) is 0 Å². The van der Waals surface area contributed by atoms with Gasteiger partial charge in [0, 0.05) is 22.4 Å². The summed E-state index contributed by atoms with van der Waals surface area (Å²) in [5.41, 5.74) is 0.692. The molecule has 5 heteroatoms. The van der Waals surface area contributed by atoms with E-state index in [-0.39, 0.29) is 5.56 Å². The summed E-state index contributed by atoms with van der Waals surface area (Å²) in [5.74, 6) is -0.587. The highest BCUT2D eigenvalue weighted by atomic mass is 79.9. The molecule has 0 bridgehead atoms. The summed E-state index contributed by atoms with van der Waals surface area (Å²) < 4.78 is 0.713. The van der Waals surface area contributed by atoms with E-state index in [1.165, 1.54) is 6.07 Å². The molecule has 0 atom stereocenters. The molecule has 2 aromatic rings. The zero-order chi connectivity index (χ0) is 11.5. The molecule has 0 saturated carbocycles. The number of nitrogens with zero attached hydrogens (tertiary/aromatic N) is 2. The number of aromatic carboxylic acids is 1. The number of rotatable bonds is 2. The van der Waals surface area contributed by atoms with Gasteiger partial charge in [0.05, 0.1) is 5.56 Å². The fourth-order valence-corrected chi connectivity index (χ4v) is 1.69. The van der Waals surface area contributed by atoms with Crippen LogP contribution in [0, 0.1) is 0 Å². The molecule has 2 rings (SSSR count). The predicted molar refractivity (Wildman–Crippen MR) is 62.1 cm³/mol. The normalized spacial score (nSPS) is 10.1. The smallest absolute Gasteiger partial charge is 0.336 e. The summed E-state index contributed by atoms with van der Waals surface area (Å²) in [6, 6.07) is 6.66. The standard InChI is InChI=1S/C11H7BrN2O2/c12-7-2-3-8(9(6-7)11(15)16)10-13-4-1-5-14-10/h1-6H,(H,15,16). The van der Waals surface area contributed by atoms with E-state index < -0.39 is 5.97 Å². The molecule has 0 unspecified atom stereocenters. The van der Waals surface area contributed by atoms with Crippen LogP contribution in [0.4, 0.5) is 0 Å². The van der Waals surface area contributed by atoms with Crippen molar-refractivity contribution in [2.45, 2.75) is 0 Å². The highest BCUT2D eigenvalue weighted by molar-refractivity contribution is 9.10. The SMILES string of the molecule is O=C(O)c1cc(Br)ccc1-c1ncccn1. The van der Waals surface area contributed by atoms with Gasteiger partial charge in [-0.1, -0.05) is 15.9 Å². The molecule has 1 aromatic heterocycles. The summed E-state index contributed by atoms with van der Waals surface area (Å²) in [5, 5.41) is 9.08. The summed E-state index contributed by atoms with van der Waals surface area (Å²) in [6.45, 7) is 0. The lowest BCUT2D eigenvalue weighted by Crippen LogP contribution is -2.01. The van der Waals surface area contributed by atoms with Crippen LogP contribution in [0.3, 0.4) is 0 Å². The Morgan fingerprint density at radius 2 is 1.94 bits per heavy atom. The number of halogens is 1. The molecule has 1 N–H and O–H groups in total. The number of carboxylic acid groups (broad SMARTS) is 1. The second-order valence-electron chi connectivity index (χ2n) is 3.07. The first-order valence-electron chi connectivity index (χ1n) is 4.49. The Labute approximate surface area is 100 Å².